The number of anilines is 1. The first-order chi connectivity index (χ1) is 12.2. The number of sulfonamides is 1. The number of hydrogen-bond donors (Lipinski definition) is 1. The summed E-state index contributed by atoms with van der Waals surface area (Å²) in [4.78, 5) is 6.48. The Morgan fingerprint density at radius 2 is 2.12 bits per heavy atom. The van der Waals surface area contributed by atoms with Gasteiger partial charge >= 0.3 is 0 Å². The highest BCUT2D eigenvalue weighted by Crippen LogP contribution is 2.40. The third kappa shape index (κ3) is 3.72. The Kier molecular flexibility index (Phi) is 5.28. The first kappa shape index (κ1) is 19.1. The van der Waals surface area contributed by atoms with Gasteiger partial charge in [0.2, 0.25) is 10.0 Å². The Morgan fingerprint density at radius 1 is 1.38 bits per heavy atom. The van der Waals surface area contributed by atoms with E-state index in [1.807, 2.05) is 11.6 Å². The molecule has 2 N–H and O–H groups in total. The Morgan fingerprint density at radius 3 is 2.69 bits per heavy atom. The van der Waals surface area contributed by atoms with Crippen LogP contribution in [-0.4, -0.2) is 29.7 Å². The minimum absolute atomic E-state index is 0.0102. The number of aromatic nitrogens is 3. The monoisotopic (exact) mass is 397 g/mol. The third-order valence-electron chi connectivity index (χ3n) is 4.58. The molecule has 2 aromatic heterocycles. The molecule has 3 heterocycles. The van der Waals surface area contributed by atoms with Gasteiger partial charge in [-0.3, -0.25) is 4.68 Å². The zero-order chi connectivity index (χ0) is 19.1. The van der Waals surface area contributed by atoms with E-state index in [1.54, 1.807) is 6.07 Å². The lowest BCUT2D eigenvalue weighted by atomic mass is 10.1. The molecule has 0 spiro atoms. The SMILES string of the molecule is Cc1nn(CC(C)C)c(Cl)c1C1CCCN1c1ccc(S(N)(=O)=O)cn1. The number of rotatable bonds is 5. The molecule has 1 atom stereocenters. The third-order valence-corrected chi connectivity index (χ3v) is 5.87. The molecule has 9 heteroatoms. The molecule has 0 bridgehead atoms. The predicted molar refractivity (Wildman–Crippen MR) is 102 cm³/mol. The maximum atomic E-state index is 11.4. The van der Waals surface area contributed by atoms with Crippen molar-refractivity contribution in [1.29, 1.82) is 0 Å². The van der Waals surface area contributed by atoms with E-state index in [-0.39, 0.29) is 10.9 Å². The molecule has 0 aliphatic carbocycles. The number of pyridine rings is 1. The lowest BCUT2D eigenvalue weighted by molar-refractivity contribution is 0.481. The average molecular weight is 398 g/mol. The summed E-state index contributed by atoms with van der Waals surface area (Å²) in [6.45, 7) is 7.84. The van der Waals surface area contributed by atoms with Gasteiger partial charge in [0.25, 0.3) is 0 Å². The van der Waals surface area contributed by atoms with Crippen LogP contribution in [0.4, 0.5) is 5.82 Å². The van der Waals surface area contributed by atoms with E-state index < -0.39 is 10.0 Å². The Hall–Kier alpha value is -1.64. The number of primary sulfonamides is 1. The number of aryl methyl sites for hydroxylation is 1. The maximum absolute atomic E-state index is 11.4. The van der Waals surface area contributed by atoms with Crippen LogP contribution in [0, 0.1) is 12.8 Å². The van der Waals surface area contributed by atoms with Gasteiger partial charge in [-0.25, -0.2) is 18.5 Å². The summed E-state index contributed by atoms with van der Waals surface area (Å²) in [5, 5.41) is 10.4. The van der Waals surface area contributed by atoms with Crippen LogP contribution in [0.2, 0.25) is 5.15 Å². The van der Waals surface area contributed by atoms with Gasteiger partial charge in [0.15, 0.2) is 0 Å². The van der Waals surface area contributed by atoms with E-state index >= 15 is 0 Å². The summed E-state index contributed by atoms with van der Waals surface area (Å²) in [6.07, 6.45) is 3.26. The van der Waals surface area contributed by atoms with Gasteiger partial charge in [-0.1, -0.05) is 25.4 Å². The molecule has 26 heavy (non-hydrogen) atoms. The van der Waals surface area contributed by atoms with Crippen molar-refractivity contribution in [3.63, 3.8) is 0 Å². The van der Waals surface area contributed by atoms with Gasteiger partial charge < -0.3 is 4.90 Å². The van der Waals surface area contributed by atoms with Crippen molar-refractivity contribution in [3.8, 4) is 0 Å². The molecule has 1 fully saturated rings. The van der Waals surface area contributed by atoms with Crippen LogP contribution in [0.25, 0.3) is 0 Å². The van der Waals surface area contributed by atoms with Crippen molar-refractivity contribution >= 4 is 27.4 Å². The molecule has 2 aromatic rings. The van der Waals surface area contributed by atoms with Crippen molar-refractivity contribution in [2.45, 2.75) is 51.1 Å². The topological polar surface area (TPSA) is 94.1 Å². The Balaban J connectivity index is 1.93. The fraction of sp³-hybridized carbons (Fsp3) is 0.529. The minimum atomic E-state index is -3.75. The van der Waals surface area contributed by atoms with Gasteiger partial charge in [-0.05, 0) is 37.8 Å². The van der Waals surface area contributed by atoms with Gasteiger partial charge in [0, 0.05) is 24.8 Å². The van der Waals surface area contributed by atoms with Crippen molar-refractivity contribution < 1.29 is 8.42 Å². The van der Waals surface area contributed by atoms with Crippen LogP contribution >= 0.6 is 11.6 Å². The number of nitrogens with zero attached hydrogens (tertiary/aromatic N) is 4. The van der Waals surface area contributed by atoms with Crippen LogP contribution in [0.5, 0.6) is 0 Å². The smallest absolute Gasteiger partial charge is 0.239 e. The zero-order valence-electron chi connectivity index (χ0n) is 15.2. The molecule has 3 rings (SSSR count). The van der Waals surface area contributed by atoms with Crippen LogP contribution in [0.3, 0.4) is 0 Å². The maximum Gasteiger partial charge on any atom is 0.239 e. The summed E-state index contributed by atoms with van der Waals surface area (Å²) in [7, 11) is -3.75. The van der Waals surface area contributed by atoms with E-state index in [0.29, 0.717) is 16.9 Å². The molecule has 1 aliphatic heterocycles. The average Bonchev–Trinajstić information content (AvgIpc) is 3.11. The van der Waals surface area contributed by atoms with Crippen LogP contribution in [0.1, 0.15) is 44.0 Å². The molecule has 142 valence electrons. The van der Waals surface area contributed by atoms with Crippen molar-refractivity contribution in [2.24, 2.45) is 11.1 Å². The molecule has 0 amide bonds. The fourth-order valence-electron chi connectivity index (χ4n) is 3.46. The summed E-state index contributed by atoms with van der Waals surface area (Å²) >= 11 is 6.65. The molecule has 0 saturated carbocycles. The predicted octanol–water partition coefficient (Wildman–Crippen LogP) is 2.88. The highest BCUT2D eigenvalue weighted by Gasteiger charge is 2.32. The van der Waals surface area contributed by atoms with Gasteiger partial charge in [-0.2, -0.15) is 5.10 Å². The van der Waals surface area contributed by atoms with Crippen molar-refractivity contribution in [3.05, 3.63) is 34.7 Å². The van der Waals surface area contributed by atoms with E-state index in [1.165, 1.54) is 12.3 Å². The second-order valence-corrected chi connectivity index (χ2v) is 9.03. The van der Waals surface area contributed by atoms with Crippen LogP contribution in [0.15, 0.2) is 23.2 Å². The number of halogens is 1. The van der Waals surface area contributed by atoms with Gasteiger partial charge in [0.05, 0.1) is 11.7 Å². The van der Waals surface area contributed by atoms with Crippen LogP contribution < -0.4 is 10.0 Å². The zero-order valence-corrected chi connectivity index (χ0v) is 16.8. The Labute approximate surface area is 159 Å². The van der Waals surface area contributed by atoms with Gasteiger partial charge in [0.1, 0.15) is 15.9 Å². The first-order valence-electron chi connectivity index (χ1n) is 8.66. The largest absolute Gasteiger partial charge is 0.349 e. The highest BCUT2D eigenvalue weighted by molar-refractivity contribution is 7.89. The molecule has 0 aromatic carbocycles. The Bertz CT molecular complexity index is 893. The van der Waals surface area contributed by atoms with E-state index in [2.05, 4.69) is 28.8 Å². The molecule has 0 radical (unpaired) electrons. The fourth-order valence-corrected chi connectivity index (χ4v) is 4.29. The normalized spacial score (nSPS) is 18.1. The van der Waals surface area contributed by atoms with E-state index in [0.717, 1.165) is 37.2 Å². The summed E-state index contributed by atoms with van der Waals surface area (Å²) in [5.74, 6) is 1.17. The quantitative estimate of drug-likeness (QED) is 0.837. The molecule has 1 aliphatic rings. The standard InChI is InChI=1S/C17H24ClN5O2S/c1-11(2)10-23-17(18)16(12(3)21-23)14-5-4-8-22(14)15-7-6-13(9-20-15)26(19,24)25/h6-7,9,11,14H,4-5,8,10H2,1-3H3,(H2,19,24,25). The van der Waals surface area contributed by atoms with Crippen molar-refractivity contribution in [1.82, 2.24) is 14.8 Å². The second kappa shape index (κ2) is 7.17. The van der Waals surface area contributed by atoms with Gasteiger partial charge in [-0.15, -0.1) is 0 Å². The van der Waals surface area contributed by atoms with Crippen molar-refractivity contribution in [2.75, 3.05) is 11.4 Å². The second-order valence-electron chi connectivity index (χ2n) is 7.11. The lowest BCUT2D eigenvalue weighted by Gasteiger charge is -2.26. The molecular formula is C17H24ClN5O2S. The minimum Gasteiger partial charge on any atom is -0.349 e. The van der Waals surface area contributed by atoms with E-state index in [9.17, 15) is 8.42 Å². The van der Waals surface area contributed by atoms with E-state index in [4.69, 9.17) is 16.7 Å². The molecular weight excluding hydrogens is 374 g/mol. The highest BCUT2D eigenvalue weighted by atomic mass is 35.5. The van der Waals surface area contributed by atoms with Crippen LogP contribution in [-0.2, 0) is 16.6 Å². The molecule has 7 nitrogen and oxygen atoms in total. The lowest BCUT2D eigenvalue weighted by Crippen LogP contribution is -2.24. The number of hydrogen-bond acceptors (Lipinski definition) is 5. The number of nitrogens with two attached hydrogens (primary N) is 1. The molecule has 1 unspecified atom stereocenters. The first-order valence-corrected chi connectivity index (χ1v) is 10.6. The molecule has 1 saturated heterocycles. The summed E-state index contributed by atoms with van der Waals surface area (Å²) < 4.78 is 24.7. The summed E-state index contributed by atoms with van der Waals surface area (Å²) in [5.41, 5.74) is 1.95. The summed E-state index contributed by atoms with van der Waals surface area (Å²) in [6, 6.07) is 3.26.